The number of thiazole rings is 1. The van der Waals surface area contributed by atoms with Crippen molar-refractivity contribution in [3.63, 3.8) is 0 Å². The number of aliphatic hydroxyl groups is 1. The van der Waals surface area contributed by atoms with E-state index in [2.05, 4.69) is 20.9 Å². The Bertz CT molecular complexity index is 978. The molecule has 0 unspecified atom stereocenters. The highest BCUT2D eigenvalue weighted by Crippen LogP contribution is 2.31. The van der Waals surface area contributed by atoms with E-state index in [0.717, 1.165) is 27.9 Å². The van der Waals surface area contributed by atoms with Crippen molar-refractivity contribution in [1.82, 2.24) is 4.57 Å². The summed E-state index contributed by atoms with van der Waals surface area (Å²) in [6, 6.07) is 12.7. The van der Waals surface area contributed by atoms with E-state index in [0.29, 0.717) is 17.8 Å². The Labute approximate surface area is 166 Å². The van der Waals surface area contributed by atoms with Gasteiger partial charge in [-0.2, -0.15) is 13.2 Å². The highest BCUT2D eigenvalue weighted by Gasteiger charge is 2.30. The van der Waals surface area contributed by atoms with Crippen LogP contribution in [-0.4, -0.2) is 16.3 Å². The van der Waals surface area contributed by atoms with Gasteiger partial charge in [0.1, 0.15) is 0 Å². The highest BCUT2D eigenvalue weighted by molar-refractivity contribution is 9.10. The fourth-order valence-corrected chi connectivity index (χ4v) is 3.80. The topological polar surface area (TPSA) is 37.5 Å². The zero-order chi connectivity index (χ0) is 19.4. The second-order valence-corrected chi connectivity index (χ2v) is 7.55. The minimum atomic E-state index is -4.41. The van der Waals surface area contributed by atoms with E-state index >= 15 is 0 Å². The van der Waals surface area contributed by atoms with Crippen LogP contribution in [0.25, 0.3) is 11.3 Å². The summed E-state index contributed by atoms with van der Waals surface area (Å²) in [6.45, 7) is 0.537. The molecule has 1 heterocycles. The quantitative estimate of drug-likeness (QED) is 0.531. The highest BCUT2D eigenvalue weighted by atomic mass is 79.9. The van der Waals surface area contributed by atoms with Crippen LogP contribution in [-0.2, 0) is 12.7 Å². The number of aliphatic hydroxyl groups excluding tert-OH is 1. The molecule has 142 valence electrons. The molecule has 2 aromatic carbocycles. The molecule has 8 heteroatoms. The van der Waals surface area contributed by atoms with Gasteiger partial charge in [0, 0.05) is 23.0 Å². The average Bonchev–Trinajstić information content (AvgIpc) is 3.02. The maximum absolute atomic E-state index is 12.9. The fourth-order valence-electron chi connectivity index (χ4n) is 2.58. The van der Waals surface area contributed by atoms with Crippen molar-refractivity contribution in [2.75, 3.05) is 6.61 Å². The third-order valence-corrected chi connectivity index (χ3v) is 5.27. The van der Waals surface area contributed by atoms with Gasteiger partial charge in [-0.25, -0.2) is 4.99 Å². The van der Waals surface area contributed by atoms with Gasteiger partial charge in [-0.1, -0.05) is 34.1 Å². The van der Waals surface area contributed by atoms with Crippen molar-refractivity contribution >= 4 is 33.0 Å². The second-order valence-electron chi connectivity index (χ2n) is 5.80. The predicted molar refractivity (Wildman–Crippen MR) is 104 cm³/mol. The van der Waals surface area contributed by atoms with Crippen molar-refractivity contribution in [2.24, 2.45) is 4.99 Å². The van der Waals surface area contributed by atoms with E-state index in [1.54, 1.807) is 6.07 Å². The minimum Gasteiger partial charge on any atom is -0.396 e. The molecule has 3 nitrogen and oxygen atoms in total. The average molecular weight is 457 g/mol. The molecule has 3 aromatic rings. The molecule has 0 saturated heterocycles. The van der Waals surface area contributed by atoms with E-state index in [1.165, 1.54) is 17.4 Å². The summed E-state index contributed by atoms with van der Waals surface area (Å²) in [5.41, 5.74) is 1.40. The third-order valence-electron chi connectivity index (χ3n) is 3.88. The number of hydrogen-bond donors (Lipinski definition) is 1. The molecule has 0 aliphatic heterocycles. The van der Waals surface area contributed by atoms with Gasteiger partial charge in [0.2, 0.25) is 0 Å². The van der Waals surface area contributed by atoms with Crippen LogP contribution in [0.2, 0.25) is 0 Å². The molecule has 0 amide bonds. The molecule has 1 N–H and O–H groups in total. The number of rotatable bonds is 5. The first-order valence-corrected chi connectivity index (χ1v) is 9.83. The molecular weight excluding hydrogens is 441 g/mol. The van der Waals surface area contributed by atoms with Gasteiger partial charge in [-0.3, -0.25) is 0 Å². The third kappa shape index (κ3) is 4.88. The molecule has 0 aliphatic rings. The fraction of sp³-hybridized carbons (Fsp3) is 0.211. The Hall–Kier alpha value is -1.90. The van der Waals surface area contributed by atoms with Crippen molar-refractivity contribution in [3.05, 3.63) is 68.7 Å². The van der Waals surface area contributed by atoms with Gasteiger partial charge in [-0.05, 0) is 42.3 Å². The molecule has 3 rings (SSSR count). The van der Waals surface area contributed by atoms with E-state index in [4.69, 9.17) is 0 Å². The predicted octanol–water partition coefficient (Wildman–Crippen LogP) is 5.61. The van der Waals surface area contributed by atoms with Gasteiger partial charge in [0.05, 0.1) is 16.9 Å². The SMILES string of the molecule is OCCCn1c(-c2ccc(Br)cc2)csc1=Nc1cccc(C(F)(F)F)c1. The number of halogens is 4. The molecule has 0 saturated carbocycles. The van der Waals surface area contributed by atoms with Crippen LogP contribution >= 0.6 is 27.3 Å². The number of benzene rings is 2. The van der Waals surface area contributed by atoms with Crippen molar-refractivity contribution < 1.29 is 18.3 Å². The van der Waals surface area contributed by atoms with E-state index in [9.17, 15) is 18.3 Å². The van der Waals surface area contributed by atoms with Crippen molar-refractivity contribution in [1.29, 1.82) is 0 Å². The maximum atomic E-state index is 12.9. The van der Waals surface area contributed by atoms with Crippen LogP contribution in [0.15, 0.2) is 63.4 Å². The zero-order valence-electron chi connectivity index (χ0n) is 14.1. The summed E-state index contributed by atoms with van der Waals surface area (Å²) in [6.07, 6.45) is -3.88. The first-order valence-electron chi connectivity index (χ1n) is 8.15. The Kier molecular flexibility index (Phi) is 6.18. The Morgan fingerprint density at radius 2 is 1.85 bits per heavy atom. The Morgan fingerprint density at radius 3 is 2.52 bits per heavy atom. The molecular formula is C19H16BrF3N2OS. The summed E-state index contributed by atoms with van der Waals surface area (Å²) in [4.78, 5) is 5.01. The summed E-state index contributed by atoms with van der Waals surface area (Å²) in [5.74, 6) is 0. The van der Waals surface area contributed by atoms with Crippen molar-refractivity contribution in [2.45, 2.75) is 19.1 Å². The standard InChI is InChI=1S/C19H16BrF3N2OS/c20-15-7-5-13(6-8-15)17-12-27-18(25(17)9-2-10-26)24-16-4-1-3-14(11-16)19(21,22)23/h1,3-8,11-12,26H,2,9-10H2. The van der Waals surface area contributed by atoms with Gasteiger partial charge < -0.3 is 9.67 Å². The van der Waals surface area contributed by atoms with Crippen LogP contribution in [0.4, 0.5) is 18.9 Å². The monoisotopic (exact) mass is 456 g/mol. The minimum absolute atomic E-state index is 0.0195. The largest absolute Gasteiger partial charge is 0.416 e. The first-order chi connectivity index (χ1) is 12.9. The van der Waals surface area contributed by atoms with Crippen LogP contribution in [0, 0.1) is 0 Å². The smallest absolute Gasteiger partial charge is 0.396 e. The number of aromatic nitrogens is 1. The molecule has 0 bridgehead atoms. The van der Waals surface area contributed by atoms with E-state index in [-0.39, 0.29) is 12.3 Å². The van der Waals surface area contributed by atoms with Gasteiger partial charge >= 0.3 is 6.18 Å². The van der Waals surface area contributed by atoms with Gasteiger partial charge in [0.25, 0.3) is 0 Å². The lowest BCUT2D eigenvalue weighted by Gasteiger charge is -2.09. The summed E-state index contributed by atoms with van der Waals surface area (Å²) in [5, 5.41) is 11.1. The lowest BCUT2D eigenvalue weighted by atomic mass is 10.2. The number of nitrogens with zero attached hydrogens (tertiary/aromatic N) is 2. The number of hydrogen-bond acceptors (Lipinski definition) is 3. The first kappa shape index (κ1) is 19.9. The lowest BCUT2D eigenvalue weighted by Crippen LogP contribution is -2.16. The molecule has 27 heavy (non-hydrogen) atoms. The van der Waals surface area contributed by atoms with Crippen molar-refractivity contribution in [3.8, 4) is 11.3 Å². The summed E-state index contributed by atoms with van der Waals surface area (Å²) >= 11 is 4.76. The van der Waals surface area contributed by atoms with Crippen LogP contribution in [0.3, 0.4) is 0 Å². The zero-order valence-corrected chi connectivity index (χ0v) is 16.5. The molecule has 0 atom stereocenters. The lowest BCUT2D eigenvalue weighted by molar-refractivity contribution is -0.137. The maximum Gasteiger partial charge on any atom is 0.416 e. The summed E-state index contributed by atoms with van der Waals surface area (Å²) in [7, 11) is 0. The molecule has 0 spiro atoms. The van der Waals surface area contributed by atoms with E-state index < -0.39 is 11.7 Å². The van der Waals surface area contributed by atoms with Crippen LogP contribution < -0.4 is 4.80 Å². The molecule has 1 aromatic heterocycles. The molecule has 0 fully saturated rings. The van der Waals surface area contributed by atoms with Gasteiger partial charge in [-0.15, -0.1) is 11.3 Å². The van der Waals surface area contributed by atoms with Crippen LogP contribution in [0.5, 0.6) is 0 Å². The van der Waals surface area contributed by atoms with E-state index in [1.807, 2.05) is 34.2 Å². The second kappa shape index (κ2) is 8.41. The summed E-state index contributed by atoms with van der Waals surface area (Å²) < 4.78 is 41.7. The Balaban J connectivity index is 2.07. The van der Waals surface area contributed by atoms with Crippen LogP contribution in [0.1, 0.15) is 12.0 Å². The molecule has 0 radical (unpaired) electrons. The molecule has 0 aliphatic carbocycles. The Morgan fingerprint density at radius 1 is 1.11 bits per heavy atom. The van der Waals surface area contributed by atoms with Gasteiger partial charge in [0.15, 0.2) is 4.80 Å². The number of alkyl halides is 3. The normalized spacial score (nSPS) is 12.6.